The van der Waals surface area contributed by atoms with Crippen molar-refractivity contribution in [3.8, 4) is 5.75 Å². The van der Waals surface area contributed by atoms with Crippen molar-refractivity contribution in [1.29, 1.82) is 0 Å². The summed E-state index contributed by atoms with van der Waals surface area (Å²) in [5.41, 5.74) is 8.92. The molecule has 0 amide bonds. The van der Waals surface area contributed by atoms with E-state index in [2.05, 4.69) is 34.6 Å². The number of hydrogen-bond donors (Lipinski definition) is 2. The maximum absolute atomic E-state index is 5.80. The van der Waals surface area contributed by atoms with Gasteiger partial charge in [-0.15, -0.1) is 5.10 Å². The lowest BCUT2D eigenvalue weighted by atomic mass is 10.1. The highest BCUT2D eigenvalue weighted by atomic mass is 16.5. The lowest BCUT2D eigenvalue weighted by Gasteiger charge is -2.13. The average molecular weight is 276 g/mol. The molecule has 0 radical (unpaired) electrons. The largest absolute Gasteiger partial charge is 0.491 e. The van der Waals surface area contributed by atoms with Crippen LogP contribution in [0.2, 0.25) is 0 Å². The zero-order valence-corrected chi connectivity index (χ0v) is 12.1. The first-order valence-corrected chi connectivity index (χ1v) is 6.57. The predicted molar refractivity (Wildman–Crippen MR) is 76.8 cm³/mol. The molecule has 6 heteroatoms. The summed E-state index contributed by atoms with van der Waals surface area (Å²) in [7, 11) is 0. The number of nitrogens with one attached hydrogen (secondary N) is 1. The topological polar surface area (TPSA) is 86.2 Å². The summed E-state index contributed by atoms with van der Waals surface area (Å²) in [6.07, 6.45) is 0. The Kier molecular flexibility index (Phi) is 4.57. The van der Waals surface area contributed by atoms with Gasteiger partial charge in [0.05, 0.1) is 13.1 Å². The first-order chi connectivity index (χ1) is 9.60. The molecule has 0 aliphatic rings. The Morgan fingerprint density at radius 2 is 1.90 bits per heavy atom. The van der Waals surface area contributed by atoms with Crippen molar-refractivity contribution in [1.82, 2.24) is 10.2 Å². The highest BCUT2D eigenvalue weighted by molar-refractivity contribution is 5.42. The van der Waals surface area contributed by atoms with Gasteiger partial charge in [-0.3, -0.25) is 0 Å². The molecule has 3 N–H and O–H groups in total. The first kappa shape index (κ1) is 14.3. The second-order valence-electron chi connectivity index (χ2n) is 4.71. The molecule has 0 fully saturated rings. The predicted octanol–water partition coefficient (Wildman–Crippen LogP) is 1.94. The lowest BCUT2D eigenvalue weighted by Crippen LogP contribution is -2.12. The highest BCUT2D eigenvalue weighted by Gasteiger charge is 2.06. The van der Waals surface area contributed by atoms with Crippen LogP contribution in [-0.2, 0) is 6.54 Å². The van der Waals surface area contributed by atoms with Crippen LogP contribution < -0.4 is 15.8 Å². The summed E-state index contributed by atoms with van der Waals surface area (Å²) in [5, 5.41) is 10.6. The summed E-state index contributed by atoms with van der Waals surface area (Å²) in [4.78, 5) is 0. The number of anilines is 1. The second-order valence-corrected chi connectivity index (χ2v) is 4.71. The molecule has 0 aliphatic carbocycles. The standard InChI is InChI=1S/C14H20N4O2/c1-9-6-10(2)13(11(3)7-9)19-5-4-16-14-18-17-12(8-15)20-14/h6-7H,4-5,8,15H2,1-3H3,(H,16,18). The van der Waals surface area contributed by atoms with Gasteiger partial charge in [0, 0.05) is 0 Å². The van der Waals surface area contributed by atoms with Gasteiger partial charge in [-0.1, -0.05) is 22.8 Å². The third kappa shape index (κ3) is 3.48. The van der Waals surface area contributed by atoms with Crippen molar-refractivity contribution >= 4 is 6.01 Å². The van der Waals surface area contributed by atoms with E-state index >= 15 is 0 Å². The number of hydrogen-bond acceptors (Lipinski definition) is 6. The minimum atomic E-state index is 0.243. The van der Waals surface area contributed by atoms with E-state index in [4.69, 9.17) is 14.9 Å². The highest BCUT2D eigenvalue weighted by Crippen LogP contribution is 2.24. The summed E-state index contributed by atoms with van der Waals surface area (Å²) in [6, 6.07) is 4.59. The van der Waals surface area contributed by atoms with Crippen LogP contribution in [0.5, 0.6) is 5.75 Å². The van der Waals surface area contributed by atoms with E-state index in [0.717, 1.165) is 16.9 Å². The van der Waals surface area contributed by atoms with Crippen LogP contribution >= 0.6 is 0 Å². The molecule has 20 heavy (non-hydrogen) atoms. The van der Waals surface area contributed by atoms with Gasteiger partial charge in [0.2, 0.25) is 5.89 Å². The average Bonchev–Trinajstić information content (AvgIpc) is 2.84. The smallest absolute Gasteiger partial charge is 0.315 e. The minimum absolute atomic E-state index is 0.243. The SMILES string of the molecule is Cc1cc(C)c(OCCNc2nnc(CN)o2)c(C)c1. The van der Waals surface area contributed by atoms with Crippen molar-refractivity contribution in [3.63, 3.8) is 0 Å². The van der Waals surface area contributed by atoms with Crippen LogP contribution in [0.25, 0.3) is 0 Å². The fourth-order valence-electron chi connectivity index (χ4n) is 2.11. The Morgan fingerprint density at radius 1 is 1.20 bits per heavy atom. The van der Waals surface area contributed by atoms with Gasteiger partial charge in [-0.05, 0) is 31.9 Å². The Labute approximate surface area is 118 Å². The van der Waals surface area contributed by atoms with Crippen molar-refractivity contribution in [3.05, 3.63) is 34.7 Å². The Hall–Kier alpha value is -2.08. The number of aryl methyl sites for hydroxylation is 3. The molecule has 1 aromatic carbocycles. The van der Waals surface area contributed by atoms with E-state index in [-0.39, 0.29) is 6.54 Å². The van der Waals surface area contributed by atoms with Crippen molar-refractivity contribution in [2.24, 2.45) is 5.73 Å². The van der Waals surface area contributed by atoms with E-state index in [0.29, 0.717) is 25.1 Å². The van der Waals surface area contributed by atoms with Crippen LogP contribution in [0.15, 0.2) is 16.5 Å². The number of nitrogens with two attached hydrogens (primary N) is 1. The Balaban J connectivity index is 1.84. The van der Waals surface area contributed by atoms with E-state index in [1.54, 1.807) is 0 Å². The first-order valence-electron chi connectivity index (χ1n) is 6.57. The van der Waals surface area contributed by atoms with Crippen LogP contribution in [0, 0.1) is 20.8 Å². The molecule has 0 aliphatic heterocycles. The zero-order valence-electron chi connectivity index (χ0n) is 12.1. The maximum atomic E-state index is 5.80. The molecule has 0 saturated heterocycles. The van der Waals surface area contributed by atoms with E-state index < -0.39 is 0 Å². The number of rotatable bonds is 6. The summed E-state index contributed by atoms with van der Waals surface area (Å²) >= 11 is 0. The Morgan fingerprint density at radius 3 is 2.50 bits per heavy atom. The van der Waals surface area contributed by atoms with Gasteiger partial charge in [0.25, 0.3) is 0 Å². The molecule has 108 valence electrons. The van der Waals surface area contributed by atoms with Gasteiger partial charge in [0.1, 0.15) is 12.4 Å². The molecule has 0 bridgehead atoms. The van der Waals surface area contributed by atoms with Gasteiger partial charge in [0.15, 0.2) is 0 Å². The number of ether oxygens (including phenoxy) is 1. The lowest BCUT2D eigenvalue weighted by molar-refractivity contribution is 0.326. The monoisotopic (exact) mass is 276 g/mol. The van der Waals surface area contributed by atoms with E-state index in [9.17, 15) is 0 Å². The normalized spacial score (nSPS) is 10.6. The molecule has 2 rings (SSSR count). The number of nitrogens with zero attached hydrogens (tertiary/aromatic N) is 2. The minimum Gasteiger partial charge on any atom is -0.491 e. The fourth-order valence-corrected chi connectivity index (χ4v) is 2.11. The maximum Gasteiger partial charge on any atom is 0.315 e. The van der Waals surface area contributed by atoms with Crippen LogP contribution in [0.3, 0.4) is 0 Å². The van der Waals surface area contributed by atoms with Gasteiger partial charge >= 0.3 is 6.01 Å². The Bertz CT molecular complexity index is 557. The molecule has 0 atom stereocenters. The van der Waals surface area contributed by atoms with E-state index in [1.165, 1.54) is 5.56 Å². The van der Waals surface area contributed by atoms with Crippen molar-refractivity contribution < 1.29 is 9.15 Å². The number of benzene rings is 1. The summed E-state index contributed by atoms with van der Waals surface area (Å²) in [5.74, 6) is 1.35. The number of aromatic nitrogens is 2. The van der Waals surface area contributed by atoms with Gasteiger partial charge in [-0.25, -0.2) is 0 Å². The second kappa shape index (κ2) is 6.38. The molecule has 0 spiro atoms. The third-order valence-corrected chi connectivity index (χ3v) is 2.87. The van der Waals surface area contributed by atoms with Crippen LogP contribution in [-0.4, -0.2) is 23.3 Å². The fraction of sp³-hybridized carbons (Fsp3) is 0.429. The quantitative estimate of drug-likeness (QED) is 0.784. The molecular formula is C14H20N4O2. The van der Waals surface area contributed by atoms with Crippen molar-refractivity contribution in [2.45, 2.75) is 27.3 Å². The molecule has 2 aromatic rings. The molecule has 6 nitrogen and oxygen atoms in total. The summed E-state index contributed by atoms with van der Waals surface area (Å²) in [6.45, 7) is 7.52. The van der Waals surface area contributed by atoms with Crippen LogP contribution in [0.1, 0.15) is 22.6 Å². The summed E-state index contributed by atoms with van der Waals surface area (Å²) < 4.78 is 11.0. The van der Waals surface area contributed by atoms with Crippen LogP contribution in [0.4, 0.5) is 6.01 Å². The van der Waals surface area contributed by atoms with E-state index in [1.807, 2.05) is 13.8 Å². The molecule has 1 heterocycles. The van der Waals surface area contributed by atoms with Gasteiger partial charge in [-0.2, -0.15) is 0 Å². The molecule has 0 saturated carbocycles. The molecule has 1 aromatic heterocycles. The molecule has 0 unspecified atom stereocenters. The zero-order chi connectivity index (χ0) is 14.5. The van der Waals surface area contributed by atoms with Gasteiger partial charge < -0.3 is 20.2 Å². The molecular weight excluding hydrogens is 256 g/mol. The van der Waals surface area contributed by atoms with Crippen molar-refractivity contribution in [2.75, 3.05) is 18.5 Å². The third-order valence-electron chi connectivity index (χ3n) is 2.87.